The monoisotopic (exact) mass is 413 g/mol. The largest absolute Gasteiger partial charge is 0.371 e. The van der Waals surface area contributed by atoms with Gasteiger partial charge in [0.25, 0.3) is 0 Å². The molecule has 0 amide bonds. The third-order valence-corrected chi connectivity index (χ3v) is 6.76. The number of aliphatic imine (C=N–C) groups is 1. The van der Waals surface area contributed by atoms with E-state index in [-0.39, 0.29) is 0 Å². The first-order valence-corrected chi connectivity index (χ1v) is 11.6. The van der Waals surface area contributed by atoms with Crippen LogP contribution in [0.1, 0.15) is 62.1 Å². The maximum atomic E-state index is 5.07. The number of rotatable bonds is 5. The van der Waals surface area contributed by atoms with Crippen LogP contribution in [0.3, 0.4) is 0 Å². The van der Waals surface area contributed by atoms with Gasteiger partial charge in [0.15, 0.2) is 0 Å². The maximum Gasteiger partial charge on any atom is 0.0678 e. The first kappa shape index (κ1) is 21.5. The van der Waals surface area contributed by atoms with Crippen molar-refractivity contribution in [3.63, 3.8) is 0 Å². The maximum absolute atomic E-state index is 5.07. The van der Waals surface area contributed by atoms with Crippen LogP contribution in [0.25, 0.3) is 11.8 Å². The van der Waals surface area contributed by atoms with E-state index in [0.29, 0.717) is 11.8 Å². The molecule has 1 saturated heterocycles. The summed E-state index contributed by atoms with van der Waals surface area (Å²) >= 11 is 0. The van der Waals surface area contributed by atoms with Crippen molar-refractivity contribution >= 4 is 23.2 Å². The zero-order valence-corrected chi connectivity index (χ0v) is 19.7. The van der Waals surface area contributed by atoms with Crippen molar-refractivity contribution in [2.45, 2.75) is 53.9 Å². The summed E-state index contributed by atoms with van der Waals surface area (Å²) in [7, 11) is 0. The summed E-state index contributed by atoms with van der Waals surface area (Å²) in [5.74, 6) is 1.43. The summed E-state index contributed by atoms with van der Waals surface area (Å²) in [6.07, 6.45) is 7.30. The SMILES string of the molecule is C=C(c1cc(CC)c2c(c1)N=C(/C(C)=C/c1cccnc1C)C2)N1CC(C)CC(C)C1. The van der Waals surface area contributed by atoms with Gasteiger partial charge in [-0.3, -0.25) is 9.98 Å². The number of hydrogen-bond donors (Lipinski definition) is 0. The van der Waals surface area contributed by atoms with Crippen molar-refractivity contribution in [1.29, 1.82) is 0 Å². The average Bonchev–Trinajstić information content (AvgIpc) is 3.18. The Kier molecular flexibility index (Phi) is 6.13. The van der Waals surface area contributed by atoms with E-state index in [2.05, 4.69) is 75.4 Å². The van der Waals surface area contributed by atoms with Gasteiger partial charge in [-0.15, -0.1) is 0 Å². The molecule has 1 fully saturated rings. The Morgan fingerprint density at radius 2 is 1.97 bits per heavy atom. The molecule has 31 heavy (non-hydrogen) atoms. The average molecular weight is 414 g/mol. The smallest absolute Gasteiger partial charge is 0.0678 e. The van der Waals surface area contributed by atoms with Gasteiger partial charge in [-0.25, -0.2) is 0 Å². The first-order valence-electron chi connectivity index (χ1n) is 11.6. The summed E-state index contributed by atoms with van der Waals surface area (Å²) in [6.45, 7) is 17.9. The van der Waals surface area contributed by atoms with E-state index in [4.69, 9.17) is 4.99 Å². The Hall–Kier alpha value is -2.68. The highest BCUT2D eigenvalue weighted by Crippen LogP contribution is 2.37. The Morgan fingerprint density at radius 3 is 2.65 bits per heavy atom. The highest BCUT2D eigenvalue weighted by atomic mass is 15.1. The van der Waals surface area contributed by atoms with E-state index in [1.54, 1.807) is 0 Å². The van der Waals surface area contributed by atoms with Crippen molar-refractivity contribution in [3.05, 3.63) is 70.6 Å². The molecule has 0 aliphatic carbocycles. The van der Waals surface area contributed by atoms with Crippen molar-refractivity contribution in [1.82, 2.24) is 9.88 Å². The number of benzene rings is 1. The lowest BCUT2D eigenvalue weighted by molar-refractivity contribution is 0.204. The van der Waals surface area contributed by atoms with Crippen molar-refractivity contribution < 1.29 is 0 Å². The molecule has 4 rings (SSSR count). The number of fused-ring (bicyclic) bond motifs is 1. The van der Waals surface area contributed by atoms with Gasteiger partial charge in [0, 0.05) is 42.8 Å². The van der Waals surface area contributed by atoms with Gasteiger partial charge in [-0.1, -0.05) is 33.4 Å². The summed E-state index contributed by atoms with van der Waals surface area (Å²) in [5.41, 5.74) is 10.9. The highest BCUT2D eigenvalue weighted by molar-refractivity contribution is 6.09. The van der Waals surface area contributed by atoms with E-state index in [1.807, 2.05) is 12.3 Å². The van der Waals surface area contributed by atoms with Crippen LogP contribution < -0.4 is 0 Å². The Labute approximate surface area is 187 Å². The molecular formula is C28H35N3. The van der Waals surface area contributed by atoms with E-state index in [9.17, 15) is 0 Å². The summed E-state index contributed by atoms with van der Waals surface area (Å²) in [6, 6.07) is 8.73. The number of allylic oxidation sites excluding steroid dienone is 1. The zero-order chi connectivity index (χ0) is 22.1. The van der Waals surface area contributed by atoms with Gasteiger partial charge in [-0.2, -0.15) is 0 Å². The minimum absolute atomic E-state index is 0.717. The van der Waals surface area contributed by atoms with E-state index in [1.165, 1.54) is 28.7 Å². The van der Waals surface area contributed by atoms with Crippen LogP contribution in [0.5, 0.6) is 0 Å². The Bertz CT molecular complexity index is 1050. The van der Waals surface area contributed by atoms with Gasteiger partial charge in [0.2, 0.25) is 0 Å². The first-order chi connectivity index (χ1) is 14.9. The minimum Gasteiger partial charge on any atom is -0.371 e. The third-order valence-electron chi connectivity index (χ3n) is 6.76. The quantitative estimate of drug-likeness (QED) is 0.550. The van der Waals surface area contributed by atoms with Gasteiger partial charge in [-0.05, 0) is 90.6 Å². The summed E-state index contributed by atoms with van der Waals surface area (Å²) < 4.78 is 0. The number of aryl methyl sites for hydroxylation is 2. The van der Waals surface area contributed by atoms with Crippen LogP contribution in [0.15, 0.2) is 47.6 Å². The molecule has 0 spiro atoms. The predicted molar refractivity (Wildman–Crippen MR) is 133 cm³/mol. The number of likely N-dealkylation sites (tertiary alicyclic amines) is 1. The van der Waals surface area contributed by atoms with Crippen LogP contribution in [0.4, 0.5) is 5.69 Å². The molecule has 0 radical (unpaired) electrons. The molecule has 3 nitrogen and oxygen atoms in total. The van der Waals surface area contributed by atoms with Crippen molar-refractivity contribution in [2.24, 2.45) is 16.8 Å². The Morgan fingerprint density at radius 1 is 1.23 bits per heavy atom. The second-order valence-corrected chi connectivity index (χ2v) is 9.52. The second-order valence-electron chi connectivity index (χ2n) is 9.52. The lowest BCUT2D eigenvalue weighted by atomic mass is 9.90. The van der Waals surface area contributed by atoms with Crippen LogP contribution in [-0.2, 0) is 12.8 Å². The molecule has 2 aliphatic rings. The van der Waals surface area contributed by atoms with E-state index in [0.717, 1.165) is 54.3 Å². The molecular weight excluding hydrogens is 378 g/mol. The van der Waals surface area contributed by atoms with Crippen molar-refractivity contribution in [2.75, 3.05) is 13.1 Å². The molecule has 3 heterocycles. The molecule has 2 atom stereocenters. The standard InChI is InChI=1S/C28H35N3/c1-7-23-13-25(22(6)31-16-18(2)11-19(3)17-31)14-28-26(23)15-27(30-28)20(4)12-24-9-8-10-29-21(24)5/h8-10,12-14,18-19H,6-7,11,15-17H2,1-5H3/b20-12+. The molecule has 2 unspecified atom stereocenters. The number of aromatic nitrogens is 1. The molecule has 0 saturated carbocycles. The molecule has 0 bridgehead atoms. The van der Waals surface area contributed by atoms with Crippen LogP contribution in [-0.4, -0.2) is 28.7 Å². The van der Waals surface area contributed by atoms with Gasteiger partial charge < -0.3 is 4.90 Å². The summed E-state index contributed by atoms with van der Waals surface area (Å²) in [4.78, 5) is 12.0. The van der Waals surface area contributed by atoms with Crippen LogP contribution in [0, 0.1) is 18.8 Å². The molecule has 3 heteroatoms. The molecule has 1 aromatic heterocycles. The highest BCUT2D eigenvalue weighted by Gasteiger charge is 2.25. The lowest BCUT2D eigenvalue weighted by Gasteiger charge is -2.38. The molecule has 2 aromatic rings. The molecule has 1 aromatic carbocycles. The fourth-order valence-electron chi connectivity index (χ4n) is 5.11. The van der Waals surface area contributed by atoms with Crippen LogP contribution in [0.2, 0.25) is 0 Å². The molecule has 162 valence electrons. The predicted octanol–water partition coefficient (Wildman–Crippen LogP) is 6.63. The number of hydrogen-bond acceptors (Lipinski definition) is 3. The van der Waals surface area contributed by atoms with Crippen molar-refractivity contribution in [3.8, 4) is 0 Å². The third kappa shape index (κ3) is 4.51. The van der Waals surface area contributed by atoms with Gasteiger partial charge in [0.05, 0.1) is 5.69 Å². The summed E-state index contributed by atoms with van der Waals surface area (Å²) in [5, 5.41) is 0. The number of piperidine rings is 1. The van der Waals surface area contributed by atoms with Gasteiger partial charge >= 0.3 is 0 Å². The Balaban J connectivity index is 1.64. The topological polar surface area (TPSA) is 28.5 Å². The van der Waals surface area contributed by atoms with Gasteiger partial charge in [0.1, 0.15) is 0 Å². The normalized spacial score (nSPS) is 21.1. The van der Waals surface area contributed by atoms with E-state index >= 15 is 0 Å². The number of pyridine rings is 1. The fraction of sp³-hybridized carbons (Fsp3) is 0.429. The molecule has 2 aliphatic heterocycles. The van der Waals surface area contributed by atoms with E-state index < -0.39 is 0 Å². The number of nitrogens with zero attached hydrogens (tertiary/aromatic N) is 3. The lowest BCUT2D eigenvalue weighted by Crippen LogP contribution is -2.37. The fourth-order valence-corrected chi connectivity index (χ4v) is 5.11. The molecule has 0 N–H and O–H groups in total. The second kappa shape index (κ2) is 8.82. The van der Waals surface area contributed by atoms with Crippen LogP contribution >= 0.6 is 0 Å². The zero-order valence-electron chi connectivity index (χ0n) is 19.7. The minimum atomic E-state index is 0.717.